The van der Waals surface area contributed by atoms with E-state index < -0.39 is 23.4 Å². The van der Waals surface area contributed by atoms with Crippen molar-refractivity contribution in [3.8, 4) is 11.3 Å². The van der Waals surface area contributed by atoms with Crippen LogP contribution < -0.4 is 10.6 Å². The van der Waals surface area contributed by atoms with Crippen LogP contribution in [0.3, 0.4) is 0 Å². The van der Waals surface area contributed by atoms with Crippen molar-refractivity contribution in [2.24, 2.45) is 24.8 Å². The summed E-state index contributed by atoms with van der Waals surface area (Å²) in [4.78, 5) is 59.1. The first-order valence-electron chi connectivity index (χ1n) is 15.8. The Kier molecular flexibility index (Phi) is 8.88. The summed E-state index contributed by atoms with van der Waals surface area (Å²) in [7, 11) is 1.41. The van der Waals surface area contributed by atoms with Crippen molar-refractivity contribution in [1.82, 2.24) is 34.9 Å². The lowest BCUT2D eigenvalue weighted by Gasteiger charge is -2.34. The molecule has 3 aliphatic rings. The molecule has 262 valence electrons. The molecule has 1 saturated carbocycles. The maximum Gasteiger partial charge on any atom is 0.435 e. The van der Waals surface area contributed by atoms with Gasteiger partial charge in [0.2, 0.25) is 5.91 Å². The predicted octanol–water partition coefficient (Wildman–Crippen LogP) is 4.57. The maximum absolute atomic E-state index is 13.3. The second-order valence-corrected chi connectivity index (χ2v) is 14.0. The van der Waals surface area contributed by atoms with E-state index >= 15 is 0 Å². The molecular formula is C32H36ClF3N8O5. The molecule has 0 unspecified atom stereocenters. The van der Waals surface area contributed by atoms with Crippen LogP contribution in [0.2, 0.25) is 5.02 Å². The highest BCUT2D eigenvalue weighted by atomic mass is 35.5. The summed E-state index contributed by atoms with van der Waals surface area (Å²) in [6.45, 7) is 7.49. The Labute approximate surface area is 284 Å². The number of piperidine rings is 2. The number of hydrogen-bond donors (Lipinski definition) is 3. The van der Waals surface area contributed by atoms with Crippen LogP contribution in [0.1, 0.15) is 60.3 Å². The molecule has 2 saturated heterocycles. The normalized spacial score (nSPS) is 20.9. The van der Waals surface area contributed by atoms with E-state index in [0.29, 0.717) is 39.0 Å². The number of hydrogen-bond acceptors (Lipinski definition) is 7. The molecule has 0 spiro atoms. The minimum absolute atomic E-state index is 0.0363. The molecule has 0 bridgehead atoms. The zero-order chi connectivity index (χ0) is 35.4. The topological polar surface area (TPSA) is 155 Å². The molecule has 2 aromatic heterocycles. The Bertz CT molecular complexity index is 1780. The van der Waals surface area contributed by atoms with Crippen molar-refractivity contribution in [3.05, 3.63) is 52.7 Å². The molecule has 3 fully saturated rings. The average molecular weight is 705 g/mol. The average Bonchev–Trinajstić information content (AvgIpc) is 3.49. The molecule has 3 atom stereocenters. The van der Waals surface area contributed by atoms with E-state index in [1.807, 2.05) is 25.7 Å². The summed E-state index contributed by atoms with van der Waals surface area (Å²) in [5.74, 6) is -1.02. The number of H-pyrrole nitrogens is 1. The Morgan fingerprint density at radius 2 is 1.69 bits per heavy atom. The third-order valence-corrected chi connectivity index (χ3v) is 9.46. The number of carbonyl (C=O) groups excluding carboxylic acids is 4. The van der Waals surface area contributed by atoms with Gasteiger partial charge in [-0.05, 0) is 51.8 Å². The van der Waals surface area contributed by atoms with Crippen molar-refractivity contribution < 1.29 is 37.1 Å². The molecule has 1 aromatic carbocycles. The lowest BCUT2D eigenvalue weighted by atomic mass is 9.95. The van der Waals surface area contributed by atoms with Crippen LogP contribution in [0.25, 0.3) is 11.3 Å². The van der Waals surface area contributed by atoms with Gasteiger partial charge in [0, 0.05) is 68.9 Å². The number of imidazole rings is 1. The number of benzene rings is 1. The van der Waals surface area contributed by atoms with Crippen LogP contribution in [0, 0.1) is 17.8 Å². The molecule has 17 heteroatoms. The van der Waals surface area contributed by atoms with Gasteiger partial charge in [-0.2, -0.15) is 18.3 Å². The molecule has 4 amide bonds. The minimum Gasteiger partial charge on any atom is -0.444 e. The van der Waals surface area contributed by atoms with Gasteiger partial charge in [0.25, 0.3) is 11.8 Å². The molecule has 4 heterocycles. The molecule has 1 aliphatic carbocycles. The third kappa shape index (κ3) is 7.09. The fourth-order valence-corrected chi connectivity index (χ4v) is 6.85. The highest BCUT2D eigenvalue weighted by Crippen LogP contribution is 2.46. The third-order valence-electron chi connectivity index (χ3n) is 9.15. The van der Waals surface area contributed by atoms with Crippen LogP contribution in [0.4, 0.5) is 23.7 Å². The van der Waals surface area contributed by atoms with E-state index in [2.05, 4.69) is 25.8 Å². The number of amides is 4. The van der Waals surface area contributed by atoms with E-state index in [9.17, 15) is 32.3 Å². The summed E-state index contributed by atoms with van der Waals surface area (Å²) in [6.07, 6.45) is -1.68. The quantitative estimate of drug-likeness (QED) is 0.340. The summed E-state index contributed by atoms with van der Waals surface area (Å²) in [5.41, 5.74) is -1.46. The molecule has 13 nitrogen and oxygen atoms in total. The number of nitrogens with one attached hydrogen (secondary N) is 3. The number of nitrogens with zero attached hydrogens (tertiary/aromatic N) is 5. The molecule has 49 heavy (non-hydrogen) atoms. The molecule has 3 aromatic rings. The summed E-state index contributed by atoms with van der Waals surface area (Å²) in [6, 6.07) is 4.27. The minimum atomic E-state index is -4.70. The molecule has 3 N–H and O–H groups in total. The van der Waals surface area contributed by atoms with E-state index in [1.165, 1.54) is 29.8 Å². The number of rotatable bonds is 6. The zero-order valence-electron chi connectivity index (χ0n) is 27.2. The number of aromatic nitrogens is 4. The van der Waals surface area contributed by atoms with Crippen LogP contribution >= 0.6 is 11.6 Å². The molecular weight excluding hydrogens is 669 g/mol. The second kappa shape index (κ2) is 12.7. The number of likely N-dealkylation sites (tertiary alicyclic amines) is 2. The maximum atomic E-state index is 13.3. The van der Waals surface area contributed by atoms with Gasteiger partial charge in [-0.1, -0.05) is 11.6 Å². The van der Waals surface area contributed by atoms with Gasteiger partial charge in [0.1, 0.15) is 5.60 Å². The van der Waals surface area contributed by atoms with Crippen LogP contribution in [0.5, 0.6) is 0 Å². The van der Waals surface area contributed by atoms with Gasteiger partial charge in [-0.3, -0.25) is 19.5 Å². The first kappa shape index (κ1) is 34.3. The van der Waals surface area contributed by atoms with Gasteiger partial charge in [0.15, 0.2) is 11.5 Å². The van der Waals surface area contributed by atoms with Crippen molar-refractivity contribution >= 4 is 41.1 Å². The lowest BCUT2D eigenvalue weighted by Crippen LogP contribution is -2.46. The van der Waals surface area contributed by atoms with Crippen LogP contribution in [0.15, 0.2) is 30.6 Å². The fourth-order valence-electron chi connectivity index (χ4n) is 6.58. The number of aromatic amines is 1. The lowest BCUT2D eigenvalue weighted by molar-refractivity contribution is -0.140. The van der Waals surface area contributed by atoms with Gasteiger partial charge in [-0.25, -0.2) is 9.78 Å². The number of anilines is 1. The number of carbonyl (C=O) groups is 4. The number of alkyl halides is 3. The highest BCUT2D eigenvalue weighted by Gasteiger charge is 2.58. The van der Waals surface area contributed by atoms with Gasteiger partial charge in [-0.15, -0.1) is 0 Å². The van der Waals surface area contributed by atoms with E-state index in [-0.39, 0.29) is 75.1 Å². The summed E-state index contributed by atoms with van der Waals surface area (Å²) >= 11 is 6.42. The fraction of sp³-hybridized carbons (Fsp3) is 0.500. The zero-order valence-corrected chi connectivity index (χ0v) is 28.0. The standard InChI is InChI=1S/C32H36ClF3N8O5/c1-31(2,3)49-30(48)43-9-7-16(8-10-43)29(47)44-14-20-21(15-44)24(20)40-27(45)18-6-5-17(11-22(18)33)39-28(46)26-37-13-23(42(26)4)19-12-38-41-25(19)32(34,35)36/h5-6,11-13,16,20-21,24H,7-10,14-15H2,1-4H3,(H,38,41)(H,39,46)(H,40,45)/t20-,21+,24+. The second-order valence-electron chi connectivity index (χ2n) is 13.6. The Balaban J connectivity index is 0.989. The predicted molar refractivity (Wildman–Crippen MR) is 171 cm³/mol. The summed E-state index contributed by atoms with van der Waals surface area (Å²) in [5, 5.41) is 11.2. The Hall–Kier alpha value is -4.60. The van der Waals surface area contributed by atoms with E-state index in [1.54, 1.807) is 4.90 Å². The number of halogens is 4. The van der Waals surface area contributed by atoms with E-state index in [0.717, 1.165) is 12.4 Å². The van der Waals surface area contributed by atoms with Crippen molar-refractivity contribution in [2.75, 3.05) is 31.5 Å². The Morgan fingerprint density at radius 3 is 2.31 bits per heavy atom. The smallest absolute Gasteiger partial charge is 0.435 e. The van der Waals surface area contributed by atoms with Gasteiger partial charge in [0.05, 0.1) is 28.0 Å². The first-order chi connectivity index (χ1) is 23.0. The summed E-state index contributed by atoms with van der Waals surface area (Å²) < 4.78 is 46.6. The van der Waals surface area contributed by atoms with Crippen molar-refractivity contribution in [1.29, 1.82) is 0 Å². The number of ether oxygens (including phenoxy) is 1. The van der Waals surface area contributed by atoms with Crippen molar-refractivity contribution in [3.63, 3.8) is 0 Å². The van der Waals surface area contributed by atoms with Crippen LogP contribution in [-0.4, -0.2) is 91.2 Å². The monoisotopic (exact) mass is 704 g/mol. The van der Waals surface area contributed by atoms with Gasteiger partial charge >= 0.3 is 12.3 Å². The highest BCUT2D eigenvalue weighted by molar-refractivity contribution is 6.34. The Morgan fingerprint density at radius 1 is 1.02 bits per heavy atom. The number of fused-ring (bicyclic) bond motifs is 1. The largest absolute Gasteiger partial charge is 0.444 e. The first-order valence-corrected chi connectivity index (χ1v) is 16.2. The molecule has 2 aliphatic heterocycles. The van der Waals surface area contributed by atoms with Crippen molar-refractivity contribution in [2.45, 2.75) is 51.4 Å². The van der Waals surface area contributed by atoms with Gasteiger partial charge < -0.3 is 29.7 Å². The molecule has 6 rings (SSSR count). The van der Waals surface area contributed by atoms with Crippen LogP contribution in [-0.2, 0) is 22.8 Å². The molecule has 0 radical (unpaired) electrons. The SMILES string of the molecule is Cn1c(-c2c[nH]nc2C(F)(F)F)cnc1C(=O)Nc1ccc(C(=O)N[C@H]2[C@@H]3CN(C(=O)C4CCN(C(=O)OC(C)(C)C)CC4)C[C@@H]32)c(Cl)c1. The van der Waals surface area contributed by atoms with E-state index in [4.69, 9.17) is 16.3 Å².